The van der Waals surface area contributed by atoms with Crippen LogP contribution in [0.25, 0.3) is 10.8 Å². The van der Waals surface area contributed by atoms with Gasteiger partial charge in [0, 0.05) is 0 Å². The molecule has 180 valence electrons. The Morgan fingerprint density at radius 1 is 0.629 bits per heavy atom. The van der Waals surface area contributed by atoms with Crippen LogP contribution < -0.4 is 10.6 Å². The monoisotopic (exact) mass is 608 g/mol. The van der Waals surface area contributed by atoms with Gasteiger partial charge in [-0.1, -0.05) is 0 Å². The van der Waals surface area contributed by atoms with Gasteiger partial charge < -0.3 is 0 Å². The summed E-state index contributed by atoms with van der Waals surface area (Å²) in [6.45, 7) is 5.12. The van der Waals surface area contributed by atoms with Crippen LogP contribution in [0.3, 0.4) is 0 Å². The van der Waals surface area contributed by atoms with E-state index in [1.54, 1.807) is 21.7 Å². The maximum absolute atomic E-state index is 3.02. The summed E-state index contributed by atoms with van der Waals surface area (Å²) in [7, 11) is -0.370. The van der Waals surface area contributed by atoms with Crippen molar-refractivity contribution in [3.8, 4) is 0 Å². The van der Waals surface area contributed by atoms with Crippen molar-refractivity contribution in [1.82, 2.24) is 0 Å². The van der Waals surface area contributed by atoms with Crippen molar-refractivity contribution in [3.05, 3.63) is 108 Å². The fourth-order valence-corrected chi connectivity index (χ4v) is 19.3. The Morgan fingerprint density at radius 3 is 1.60 bits per heavy atom. The van der Waals surface area contributed by atoms with E-state index < -0.39 is 4.90 Å². The van der Waals surface area contributed by atoms with E-state index in [0.29, 0.717) is 11.3 Å². The van der Waals surface area contributed by atoms with Crippen LogP contribution in [-0.4, -0.2) is 11.3 Å². The van der Waals surface area contributed by atoms with Gasteiger partial charge in [0.1, 0.15) is 0 Å². The van der Waals surface area contributed by atoms with Crippen LogP contribution >= 0.6 is 34.9 Å². The van der Waals surface area contributed by atoms with E-state index in [-0.39, 0.29) is 7.92 Å². The molecule has 4 atom stereocenters. The normalized spacial score (nSPS) is 27.3. The van der Waals surface area contributed by atoms with Crippen LogP contribution in [0, 0.1) is 0 Å². The first-order valence-corrected chi connectivity index (χ1v) is 19.9. The molecular formula is C32H35IP2. The van der Waals surface area contributed by atoms with Gasteiger partial charge in [0.25, 0.3) is 0 Å². The molecule has 0 bridgehead atoms. The van der Waals surface area contributed by atoms with Gasteiger partial charge in [0.15, 0.2) is 0 Å². The Balaban J connectivity index is 1.60. The van der Waals surface area contributed by atoms with E-state index in [1.165, 1.54) is 36.5 Å². The van der Waals surface area contributed by atoms with Gasteiger partial charge >= 0.3 is 227 Å². The first-order valence-electron chi connectivity index (χ1n) is 13.2. The van der Waals surface area contributed by atoms with E-state index in [1.807, 2.05) is 0 Å². The third-order valence-electron chi connectivity index (χ3n) is 8.78. The topological polar surface area (TPSA) is 0 Å². The minimum absolute atomic E-state index is 0.370. The molecule has 2 saturated heterocycles. The Bertz CT molecular complexity index is 1260. The third kappa shape index (κ3) is 4.21. The molecule has 0 saturated carbocycles. The van der Waals surface area contributed by atoms with Gasteiger partial charge in [0.05, 0.1) is 0 Å². The van der Waals surface area contributed by atoms with Crippen molar-refractivity contribution < 1.29 is 0 Å². The number of halogens is 1. The average molecular weight is 608 g/mol. The minimum atomic E-state index is -1.67. The molecule has 4 aromatic rings. The van der Waals surface area contributed by atoms with Gasteiger partial charge in [-0.05, 0) is 0 Å². The second-order valence-corrected chi connectivity index (χ2v) is 22.6. The molecule has 35 heavy (non-hydrogen) atoms. The van der Waals surface area contributed by atoms with Crippen LogP contribution in [0.15, 0.2) is 97.1 Å². The van der Waals surface area contributed by atoms with Crippen molar-refractivity contribution >= 4 is 56.2 Å². The second-order valence-electron chi connectivity index (χ2n) is 10.7. The van der Waals surface area contributed by atoms with E-state index in [2.05, 4.69) is 133 Å². The molecule has 0 amide bonds. The number of rotatable bonds is 4. The summed E-state index contributed by atoms with van der Waals surface area (Å²) in [6, 6.07) is 37.3. The second kappa shape index (κ2) is 9.89. The standard InChI is InChI=1S/C32H35IP2/c1-23-17-18-24(2)35(23,33)32-22-28-16-10-9-15-27(28)21-31(32)34-29(25-11-5-3-6-12-25)19-20-30(34)26-13-7-4-8-14-26/h3-16,21-24,29-30,35H,17-20H2,1-2H3/t23-,24-,29+,30+/m1/s1. The Morgan fingerprint density at radius 2 is 1.09 bits per heavy atom. The van der Waals surface area contributed by atoms with Crippen molar-refractivity contribution in [1.29, 1.82) is 0 Å². The van der Waals surface area contributed by atoms with Gasteiger partial charge in [0.2, 0.25) is 0 Å². The van der Waals surface area contributed by atoms with Crippen molar-refractivity contribution in [2.75, 3.05) is 0 Å². The number of hydrogen-bond acceptors (Lipinski definition) is 0. The van der Waals surface area contributed by atoms with Crippen LogP contribution in [0.1, 0.15) is 62.0 Å². The van der Waals surface area contributed by atoms with Gasteiger partial charge in [-0.3, -0.25) is 0 Å². The Hall–Kier alpha value is -1.27. The molecule has 0 aromatic heterocycles. The van der Waals surface area contributed by atoms with Gasteiger partial charge in [-0.2, -0.15) is 0 Å². The molecule has 2 aliphatic heterocycles. The SMILES string of the molecule is C[C@@H]1CC[C@@H](C)[PH]1(I)c1cc2ccccc2cc1P1[C@H](c2ccccc2)CC[C@H]1c1ccccc1. The third-order valence-corrected chi connectivity index (χ3v) is 25.2. The summed E-state index contributed by atoms with van der Waals surface area (Å²) in [6.07, 6.45) is 5.38. The molecule has 0 N–H and O–H groups in total. The Labute approximate surface area is 225 Å². The predicted octanol–water partition coefficient (Wildman–Crippen LogP) is 9.52. The fourth-order valence-electron chi connectivity index (χ4n) is 6.84. The molecule has 0 aliphatic carbocycles. The molecule has 0 spiro atoms. The quantitative estimate of drug-likeness (QED) is 0.160. The van der Waals surface area contributed by atoms with Crippen molar-refractivity contribution in [2.45, 2.75) is 62.2 Å². The first kappa shape index (κ1) is 24.1. The van der Waals surface area contributed by atoms with Crippen LogP contribution in [0.4, 0.5) is 0 Å². The fraction of sp³-hybridized carbons (Fsp3) is 0.312. The molecule has 3 heteroatoms. The van der Waals surface area contributed by atoms with Crippen LogP contribution in [-0.2, 0) is 0 Å². The molecule has 2 heterocycles. The molecule has 2 fully saturated rings. The molecule has 2 aliphatic rings. The number of benzene rings is 4. The molecule has 4 aromatic carbocycles. The first-order chi connectivity index (χ1) is 17.1. The summed E-state index contributed by atoms with van der Waals surface area (Å²) in [5.41, 5.74) is 6.04. The zero-order valence-electron chi connectivity index (χ0n) is 20.7. The molecule has 0 unspecified atom stereocenters. The Kier molecular flexibility index (Phi) is 6.81. The molecule has 0 nitrogen and oxygen atoms in total. The van der Waals surface area contributed by atoms with Crippen molar-refractivity contribution in [3.63, 3.8) is 0 Å². The summed E-state index contributed by atoms with van der Waals surface area (Å²) in [4.78, 5) is -1.67. The zero-order chi connectivity index (χ0) is 24.0. The van der Waals surface area contributed by atoms with Crippen LogP contribution in [0.2, 0.25) is 0 Å². The summed E-state index contributed by atoms with van der Waals surface area (Å²) < 4.78 is 0. The van der Waals surface area contributed by atoms with E-state index in [9.17, 15) is 0 Å². The number of fused-ring (bicyclic) bond motifs is 1. The molecule has 6 rings (SSSR count). The summed E-state index contributed by atoms with van der Waals surface area (Å²) in [5.74, 6) is 0. The molecular weight excluding hydrogens is 573 g/mol. The van der Waals surface area contributed by atoms with Gasteiger partial charge in [-0.15, -0.1) is 0 Å². The summed E-state index contributed by atoms with van der Waals surface area (Å²) >= 11 is 3.02. The summed E-state index contributed by atoms with van der Waals surface area (Å²) in [5, 5.41) is 6.37. The van der Waals surface area contributed by atoms with E-state index in [4.69, 9.17) is 0 Å². The molecule has 0 radical (unpaired) electrons. The average Bonchev–Trinajstić information content (AvgIpc) is 3.46. The van der Waals surface area contributed by atoms with Crippen LogP contribution in [0.5, 0.6) is 0 Å². The van der Waals surface area contributed by atoms with Gasteiger partial charge in [-0.25, -0.2) is 0 Å². The number of hydrogen-bond donors (Lipinski definition) is 0. The van der Waals surface area contributed by atoms with E-state index in [0.717, 1.165) is 11.3 Å². The zero-order valence-corrected chi connectivity index (χ0v) is 24.8. The van der Waals surface area contributed by atoms with E-state index >= 15 is 0 Å². The predicted molar refractivity (Wildman–Crippen MR) is 168 cm³/mol. The van der Waals surface area contributed by atoms with Crippen molar-refractivity contribution in [2.24, 2.45) is 0 Å². The maximum atomic E-state index is 3.02.